The summed E-state index contributed by atoms with van der Waals surface area (Å²) in [5, 5.41) is 0. The summed E-state index contributed by atoms with van der Waals surface area (Å²) in [6, 6.07) is 13.3. The first-order chi connectivity index (χ1) is 8.16. The van der Waals surface area contributed by atoms with Gasteiger partial charge in [0.15, 0.2) is 5.78 Å². The van der Waals surface area contributed by atoms with Crippen molar-refractivity contribution in [1.29, 1.82) is 0 Å². The van der Waals surface area contributed by atoms with Gasteiger partial charge in [0, 0.05) is 17.9 Å². The number of aryl methyl sites for hydroxylation is 1. The van der Waals surface area contributed by atoms with E-state index in [0.29, 0.717) is 6.42 Å². The Bertz CT molecular complexity index is 497. The van der Waals surface area contributed by atoms with Gasteiger partial charge in [-0.05, 0) is 19.1 Å². The number of rotatable bonds is 4. The standard InChI is InChI=1S/C15H16O2/c1-11(10-14-9-8-12(2)17-14)15(16)13-6-4-3-5-7-13/h3-9,11H,10H2,1-2H3. The zero-order valence-electron chi connectivity index (χ0n) is 10.1. The molecule has 0 bridgehead atoms. The van der Waals surface area contributed by atoms with E-state index in [1.54, 1.807) is 0 Å². The number of carbonyl (C=O) groups is 1. The molecule has 0 saturated carbocycles. The first-order valence-electron chi connectivity index (χ1n) is 5.81. The third-order valence-corrected chi connectivity index (χ3v) is 2.81. The Balaban J connectivity index is 2.06. The van der Waals surface area contributed by atoms with Gasteiger partial charge in [-0.25, -0.2) is 0 Å². The highest BCUT2D eigenvalue weighted by molar-refractivity contribution is 5.97. The van der Waals surface area contributed by atoms with Crippen LogP contribution in [0.2, 0.25) is 0 Å². The lowest BCUT2D eigenvalue weighted by Gasteiger charge is -2.08. The lowest BCUT2D eigenvalue weighted by atomic mass is 9.95. The summed E-state index contributed by atoms with van der Waals surface area (Å²) in [4.78, 5) is 12.1. The van der Waals surface area contributed by atoms with Crippen LogP contribution in [0.4, 0.5) is 0 Å². The Morgan fingerprint density at radius 3 is 2.47 bits per heavy atom. The number of carbonyl (C=O) groups excluding carboxylic acids is 1. The summed E-state index contributed by atoms with van der Waals surface area (Å²) in [5.74, 6) is 1.88. The van der Waals surface area contributed by atoms with Crippen molar-refractivity contribution in [2.75, 3.05) is 0 Å². The maximum absolute atomic E-state index is 12.1. The van der Waals surface area contributed by atoms with Gasteiger partial charge in [-0.3, -0.25) is 4.79 Å². The summed E-state index contributed by atoms with van der Waals surface area (Å²) in [6.45, 7) is 3.85. The molecule has 0 fully saturated rings. The summed E-state index contributed by atoms with van der Waals surface area (Å²) >= 11 is 0. The number of Topliss-reactive ketones (excluding diaryl/α,β-unsaturated/α-hetero) is 1. The minimum absolute atomic E-state index is 0.0528. The summed E-state index contributed by atoms with van der Waals surface area (Å²) in [5.41, 5.74) is 0.767. The molecule has 0 N–H and O–H groups in total. The van der Waals surface area contributed by atoms with Crippen LogP contribution in [0.5, 0.6) is 0 Å². The number of benzene rings is 1. The fourth-order valence-electron chi connectivity index (χ4n) is 1.88. The Labute approximate surface area is 101 Å². The number of furan rings is 1. The fourth-order valence-corrected chi connectivity index (χ4v) is 1.88. The third kappa shape index (κ3) is 2.84. The summed E-state index contributed by atoms with van der Waals surface area (Å²) < 4.78 is 5.49. The average molecular weight is 228 g/mol. The molecule has 2 aromatic rings. The summed E-state index contributed by atoms with van der Waals surface area (Å²) in [7, 11) is 0. The van der Waals surface area contributed by atoms with Gasteiger partial charge in [-0.15, -0.1) is 0 Å². The molecule has 0 amide bonds. The topological polar surface area (TPSA) is 30.2 Å². The van der Waals surface area contributed by atoms with Crippen LogP contribution in [0.3, 0.4) is 0 Å². The van der Waals surface area contributed by atoms with Crippen molar-refractivity contribution in [3.05, 3.63) is 59.5 Å². The van der Waals surface area contributed by atoms with E-state index in [0.717, 1.165) is 17.1 Å². The molecule has 0 aliphatic heterocycles. The first-order valence-corrected chi connectivity index (χ1v) is 5.81. The van der Waals surface area contributed by atoms with Crippen molar-refractivity contribution >= 4 is 5.78 Å². The molecule has 0 saturated heterocycles. The van der Waals surface area contributed by atoms with Gasteiger partial charge >= 0.3 is 0 Å². The molecule has 0 aliphatic carbocycles. The van der Waals surface area contributed by atoms with Crippen molar-refractivity contribution in [2.24, 2.45) is 5.92 Å². The first kappa shape index (κ1) is 11.6. The Morgan fingerprint density at radius 1 is 1.18 bits per heavy atom. The Kier molecular flexibility index (Phi) is 3.43. The van der Waals surface area contributed by atoms with E-state index in [1.807, 2.05) is 56.3 Å². The molecule has 2 heteroatoms. The van der Waals surface area contributed by atoms with Crippen LogP contribution >= 0.6 is 0 Å². The van der Waals surface area contributed by atoms with Crippen molar-refractivity contribution in [2.45, 2.75) is 20.3 Å². The molecular weight excluding hydrogens is 212 g/mol. The quantitative estimate of drug-likeness (QED) is 0.748. The van der Waals surface area contributed by atoms with E-state index >= 15 is 0 Å². The smallest absolute Gasteiger partial charge is 0.166 e. The van der Waals surface area contributed by atoms with Crippen LogP contribution in [0.15, 0.2) is 46.9 Å². The van der Waals surface area contributed by atoms with Gasteiger partial charge in [-0.1, -0.05) is 37.3 Å². The van der Waals surface area contributed by atoms with Crippen LogP contribution < -0.4 is 0 Å². The molecule has 0 radical (unpaired) electrons. The average Bonchev–Trinajstić information content (AvgIpc) is 2.75. The van der Waals surface area contributed by atoms with E-state index in [4.69, 9.17) is 4.42 Å². The van der Waals surface area contributed by atoms with Gasteiger partial charge in [0.05, 0.1) is 0 Å². The maximum atomic E-state index is 12.1. The zero-order valence-corrected chi connectivity index (χ0v) is 10.1. The third-order valence-electron chi connectivity index (χ3n) is 2.81. The van der Waals surface area contributed by atoms with E-state index < -0.39 is 0 Å². The zero-order chi connectivity index (χ0) is 12.3. The summed E-state index contributed by atoms with van der Waals surface area (Å²) in [6.07, 6.45) is 0.654. The van der Waals surface area contributed by atoms with Gasteiger partial charge < -0.3 is 4.42 Å². The second-order valence-electron chi connectivity index (χ2n) is 4.35. The van der Waals surface area contributed by atoms with Crippen molar-refractivity contribution in [3.63, 3.8) is 0 Å². The van der Waals surface area contributed by atoms with Crippen molar-refractivity contribution in [1.82, 2.24) is 0 Å². The minimum atomic E-state index is -0.0528. The normalized spacial score (nSPS) is 12.4. The number of hydrogen-bond donors (Lipinski definition) is 0. The molecule has 0 aliphatic rings. The predicted molar refractivity (Wildman–Crippen MR) is 67.1 cm³/mol. The van der Waals surface area contributed by atoms with Crippen LogP contribution in [0, 0.1) is 12.8 Å². The maximum Gasteiger partial charge on any atom is 0.166 e. The molecule has 0 spiro atoms. The van der Waals surface area contributed by atoms with Crippen LogP contribution in [-0.2, 0) is 6.42 Å². The predicted octanol–water partition coefficient (Wildman–Crippen LogP) is 3.65. The molecule has 88 valence electrons. The highest BCUT2D eigenvalue weighted by Crippen LogP contribution is 2.16. The Morgan fingerprint density at radius 2 is 1.88 bits per heavy atom. The number of ketones is 1. The second-order valence-corrected chi connectivity index (χ2v) is 4.35. The molecular formula is C15H16O2. The molecule has 17 heavy (non-hydrogen) atoms. The molecule has 1 heterocycles. The van der Waals surface area contributed by atoms with Crippen LogP contribution in [0.25, 0.3) is 0 Å². The van der Waals surface area contributed by atoms with Crippen molar-refractivity contribution < 1.29 is 9.21 Å². The Hall–Kier alpha value is -1.83. The fraction of sp³-hybridized carbons (Fsp3) is 0.267. The van der Waals surface area contributed by atoms with Crippen molar-refractivity contribution in [3.8, 4) is 0 Å². The molecule has 1 atom stereocenters. The lowest BCUT2D eigenvalue weighted by Crippen LogP contribution is -2.13. The molecule has 1 aromatic carbocycles. The SMILES string of the molecule is Cc1ccc(CC(C)C(=O)c2ccccc2)o1. The molecule has 1 aromatic heterocycles. The minimum Gasteiger partial charge on any atom is -0.466 e. The highest BCUT2D eigenvalue weighted by atomic mass is 16.3. The van der Waals surface area contributed by atoms with Crippen LogP contribution in [0.1, 0.15) is 28.8 Å². The van der Waals surface area contributed by atoms with E-state index in [9.17, 15) is 4.79 Å². The molecule has 1 unspecified atom stereocenters. The van der Waals surface area contributed by atoms with Gasteiger partial charge in [0.25, 0.3) is 0 Å². The van der Waals surface area contributed by atoms with Gasteiger partial charge in [-0.2, -0.15) is 0 Å². The van der Waals surface area contributed by atoms with E-state index in [2.05, 4.69) is 0 Å². The largest absolute Gasteiger partial charge is 0.466 e. The van der Waals surface area contributed by atoms with E-state index in [-0.39, 0.29) is 11.7 Å². The monoisotopic (exact) mass is 228 g/mol. The second kappa shape index (κ2) is 5.00. The number of hydrogen-bond acceptors (Lipinski definition) is 2. The molecule has 2 rings (SSSR count). The van der Waals surface area contributed by atoms with E-state index in [1.165, 1.54) is 0 Å². The molecule has 2 nitrogen and oxygen atoms in total. The van der Waals surface area contributed by atoms with Gasteiger partial charge in [0.1, 0.15) is 11.5 Å². The highest BCUT2D eigenvalue weighted by Gasteiger charge is 2.16. The van der Waals surface area contributed by atoms with Gasteiger partial charge in [0.2, 0.25) is 0 Å². The lowest BCUT2D eigenvalue weighted by molar-refractivity contribution is 0.0925. The van der Waals surface area contributed by atoms with Crippen LogP contribution in [-0.4, -0.2) is 5.78 Å².